The smallest absolute Gasteiger partial charge is 0.248 e. The Kier molecular flexibility index (Phi) is 5.47. The molecule has 1 aliphatic heterocycles. The summed E-state index contributed by atoms with van der Waals surface area (Å²) in [4.78, 5) is 31.7. The lowest BCUT2D eigenvalue weighted by Crippen LogP contribution is -2.43. The van der Waals surface area contributed by atoms with E-state index in [0.717, 1.165) is 22.2 Å². The van der Waals surface area contributed by atoms with Crippen molar-refractivity contribution in [2.45, 2.75) is 31.7 Å². The van der Waals surface area contributed by atoms with Gasteiger partial charge in [-0.3, -0.25) is 9.59 Å². The second-order valence-electron chi connectivity index (χ2n) is 7.23. The van der Waals surface area contributed by atoms with E-state index < -0.39 is 6.04 Å². The van der Waals surface area contributed by atoms with Gasteiger partial charge >= 0.3 is 0 Å². The van der Waals surface area contributed by atoms with Crippen molar-refractivity contribution in [2.24, 2.45) is 0 Å². The Labute approximate surface area is 185 Å². The van der Waals surface area contributed by atoms with Gasteiger partial charge in [-0.1, -0.05) is 23.5 Å². The molecule has 1 saturated heterocycles. The number of carbonyl (C=O) groups excluding carboxylic acids is 2. The van der Waals surface area contributed by atoms with Crippen LogP contribution in [-0.2, 0) is 16.0 Å². The van der Waals surface area contributed by atoms with Crippen molar-refractivity contribution >= 4 is 49.8 Å². The number of aromatic nitrogens is 3. The fourth-order valence-electron chi connectivity index (χ4n) is 3.67. The van der Waals surface area contributed by atoms with Gasteiger partial charge in [-0.05, 0) is 36.4 Å². The molecular formula is C21H19N5O3S2. The number of nitrogens with one attached hydrogen (secondary N) is 1. The van der Waals surface area contributed by atoms with Crippen LogP contribution < -0.4 is 5.32 Å². The van der Waals surface area contributed by atoms with Gasteiger partial charge in [-0.2, -0.15) is 11.3 Å². The van der Waals surface area contributed by atoms with Crippen LogP contribution in [0.25, 0.3) is 21.7 Å². The van der Waals surface area contributed by atoms with Crippen molar-refractivity contribution in [2.75, 3.05) is 11.9 Å². The lowest BCUT2D eigenvalue weighted by molar-refractivity contribution is -0.136. The minimum absolute atomic E-state index is 0.0859. The van der Waals surface area contributed by atoms with Crippen molar-refractivity contribution in [3.63, 3.8) is 0 Å². The summed E-state index contributed by atoms with van der Waals surface area (Å²) in [5.74, 6) is 0.599. The molecular weight excluding hydrogens is 434 g/mol. The van der Waals surface area contributed by atoms with Crippen molar-refractivity contribution in [1.82, 2.24) is 20.1 Å². The van der Waals surface area contributed by atoms with Crippen LogP contribution in [0.15, 0.2) is 45.5 Å². The van der Waals surface area contributed by atoms with E-state index in [4.69, 9.17) is 4.42 Å². The molecule has 4 aromatic rings. The van der Waals surface area contributed by atoms with Gasteiger partial charge in [-0.15, -0.1) is 10.2 Å². The molecule has 0 radical (unpaired) electrons. The number of hydrogen-bond donors (Lipinski definition) is 1. The average molecular weight is 454 g/mol. The van der Waals surface area contributed by atoms with E-state index in [-0.39, 0.29) is 18.2 Å². The Morgan fingerprint density at radius 1 is 1.23 bits per heavy atom. The number of thiazole rings is 1. The molecule has 1 fully saturated rings. The fourth-order valence-corrected chi connectivity index (χ4v) is 5.17. The van der Waals surface area contributed by atoms with E-state index in [1.807, 2.05) is 41.1 Å². The summed E-state index contributed by atoms with van der Waals surface area (Å²) < 4.78 is 6.66. The summed E-state index contributed by atoms with van der Waals surface area (Å²) in [7, 11) is 0. The van der Waals surface area contributed by atoms with Gasteiger partial charge in [0, 0.05) is 30.3 Å². The third-order valence-electron chi connectivity index (χ3n) is 5.19. The van der Waals surface area contributed by atoms with E-state index in [1.165, 1.54) is 11.3 Å². The SMILES string of the molecule is O=C(Nc1nc2ccccc2s1)C1CCCN1C(=O)CCc1nnc(-c2ccsc2)o1. The molecule has 4 heterocycles. The molecule has 1 atom stereocenters. The highest BCUT2D eigenvalue weighted by Gasteiger charge is 2.34. The quantitative estimate of drug-likeness (QED) is 0.474. The molecule has 1 aliphatic rings. The number of amides is 2. The Morgan fingerprint density at radius 2 is 2.13 bits per heavy atom. The summed E-state index contributed by atoms with van der Waals surface area (Å²) in [6, 6.07) is 9.16. The summed E-state index contributed by atoms with van der Waals surface area (Å²) in [5.41, 5.74) is 1.73. The first-order chi connectivity index (χ1) is 15.2. The minimum atomic E-state index is -0.483. The molecule has 1 aromatic carbocycles. The number of para-hydroxylation sites is 1. The predicted molar refractivity (Wildman–Crippen MR) is 119 cm³/mol. The molecule has 10 heteroatoms. The van der Waals surface area contributed by atoms with Crippen LogP contribution in [0.1, 0.15) is 25.2 Å². The van der Waals surface area contributed by atoms with Crippen molar-refractivity contribution in [3.8, 4) is 11.5 Å². The van der Waals surface area contributed by atoms with Crippen LogP contribution in [0.4, 0.5) is 5.13 Å². The molecule has 1 N–H and O–H groups in total. The Morgan fingerprint density at radius 3 is 2.97 bits per heavy atom. The monoisotopic (exact) mass is 453 g/mol. The number of rotatable bonds is 6. The summed E-state index contributed by atoms with van der Waals surface area (Å²) in [6.45, 7) is 0.570. The molecule has 1 unspecified atom stereocenters. The topological polar surface area (TPSA) is 101 Å². The molecule has 0 saturated carbocycles. The Balaban J connectivity index is 1.20. The van der Waals surface area contributed by atoms with Gasteiger partial charge in [0.15, 0.2) is 5.13 Å². The number of carbonyl (C=O) groups is 2. The molecule has 31 heavy (non-hydrogen) atoms. The Bertz CT molecular complexity index is 1180. The number of hydrogen-bond acceptors (Lipinski definition) is 8. The highest BCUT2D eigenvalue weighted by atomic mass is 32.1. The first kappa shape index (κ1) is 19.8. The van der Waals surface area contributed by atoms with E-state index >= 15 is 0 Å². The normalized spacial score (nSPS) is 16.1. The number of likely N-dealkylation sites (tertiary alicyclic amines) is 1. The summed E-state index contributed by atoms with van der Waals surface area (Å²) in [5, 5.41) is 15.4. The Hall–Kier alpha value is -3.11. The van der Waals surface area contributed by atoms with Crippen molar-refractivity contribution < 1.29 is 14.0 Å². The number of aryl methyl sites for hydroxylation is 1. The number of fused-ring (bicyclic) bond motifs is 1. The van der Waals surface area contributed by atoms with Crippen molar-refractivity contribution in [3.05, 3.63) is 47.0 Å². The maximum Gasteiger partial charge on any atom is 0.248 e. The van der Waals surface area contributed by atoms with Crippen LogP contribution in [0.3, 0.4) is 0 Å². The van der Waals surface area contributed by atoms with Gasteiger partial charge in [0.05, 0.1) is 10.2 Å². The third-order valence-corrected chi connectivity index (χ3v) is 6.82. The van der Waals surface area contributed by atoms with Crippen LogP contribution >= 0.6 is 22.7 Å². The molecule has 8 nitrogen and oxygen atoms in total. The third kappa shape index (κ3) is 4.21. The number of thiophene rings is 1. The van der Waals surface area contributed by atoms with E-state index in [1.54, 1.807) is 16.2 Å². The van der Waals surface area contributed by atoms with Crippen LogP contribution in [0.5, 0.6) is 0 Å². The minimum Gasteiger partial charge on any atom is -0.421 e. The number of benzene rings is 1. The fraction of sp³-hybridized carbons (Fsp3) is 0.286. The van der Waals surface area contributed by atoms with Crippen LogP contribution in [0, 0.1) is 0 Å². The maximum absolute atomic E-state index is 12.8. The zero-order chi connectivity index (χ0) is 21.2. The number of nitrogens with zero attached hydrogens (tertiary/aromatic N) is 4. The number of anilines is 1. The van der Waals surface area contributed by atoms with Gasteiger partial charge < -0.3 is 14.6 Å². The molecule has 2 amide bonds. The zero-order valence-corrected chi connectivity index (χ0v) is 18.1. The first-order valence-corrected chi connectivity index (χ1v) is 11.7. The van der Waals surface area contributed by atoms with Crippen LogP contribution in [0.2, 0.25) is 0 Å². The molecule has 0 bridgehead atoms. The highest BCUT2D eigenvalue weighted by molar-refractivity contribution is 7.22. The second kappa shape index (κ2) is 8.56. The van der Waals surface area contributed by atoms with E-state index in [2.05, 4.69) is 20.5 Å². The summed E-state index contributed by atoms with van der Waals surface area (Å²) >= 11 is 2.98. The maximum atomic E-state index is 12.8. The molecule has 0 spiro atoms. The molecule has 5 rings (SSSR count). The summed E-state index contributed by atoms with van der Waals surface area (Å²) in [6.07, 6.45) is 2.01. The highest BCUT2D eigenvalue weighted by Crippen LogP contribution is 2.27. The van der Waals surface area contributed by atoms with Gasteiger partial charge in [0.25, 0.3) is 0 Å². The second-order valence-corrected chi connectivity index (χ2v) is 9.04. The standard InChI is InChI=1S/C21H19N5O3S2/c27-18(8-7-17-24-25-20(29-17)13-9-11-30-12-13)26-10-3-5-15(26)19(28)23-21-22-14-4-1-2-6-16(14)31-21/h1-2,4,6,9,11-12,15H,3,5,7-8,10H2,(H,22,23,28). The first-order valence-electron chi connectivity index (χ1n) is 9.98. The zero-order valence-electron chi connectivity index (χ0n) is 16.5. The lowest BCUT2D eigenvalue weighted by atomic mass is 10.2. The predicted octanol–water partition coefficient (Wildman–Crippen LogP) is 3.97. The molecule has 0 aliphatic carbocycles. The largest absolute Gasteiger partial charge is 0.421 e. The van der Waals surface area contributed by atoms with E-state index in [9.17, 15) is 9.59 Å². The van der Waals surface area contributed by atoms with Gasteiger partial charge in [-0.25, -0.2) is 4.98 Å². The van der Waals surface area contributed by atoms with Crippen molar-refractivity contribution in [1.29, 1.82) is 0 Å². The van der Waals surface area contributed by atoms with Gasteiger partial charge in [0.2, 0.25) is 23.6 Å². The average Bonchev–Trinajstić information content (AvgIpc) is 3.57. The van der Waals surface area contributed by atoms with Gasteiger partial charge in [0.1, 0.15) is 6.04 Å². The molecule has 158 valence electrons. The lowest BCUT2D eigenvalue weighted by Gasteiger charge is -2.23. The van der Waals surface area contributed by atoms with Crippen LogP contribution in [-0.4, -0.2) is 44.5 Å². The molecule has 3 aromatic heterocycles. The van der Waals surface area contributed by atoms with E-state index in [0.29, 0.717) is 36.3 Å².